The Balaban J connectivity index is 0.00000210. The molecule has 0 radical (unpaired) electrons. The maximum atomic E-state index is 13.9. The fourth-order valence-electron chi connectivity index (χ4n) is 5.43. The van der Waals surface area contributed by atoms with Crippen molar-refractivity contribution in [1.29, 1.82) is 0 Å². The Bertz CT molecular complexity index is 730. The van der Waals surface area contributed by atoms with Gasteiger partial charge in [0.15, 0.2) is 0 Å². The zero-order valence-corrected chi connectivity index (χ0v) is 18.2. The van der Waals surface area contributed by atoms with Gasteiger partial charge in [-0.15, -0.1) is 0 Å². The molecule has 2 bridgehead atoms. The zero-order valence-electron chi connectivity index (χ0n) is 16.0. The van der Waals surface area contributed by atoms with E-state index in [1.807, 2.05) is 12.1 Å². The fourth-order valence-corrected chi connectivity index (χ4v) is 5.43. The van der Waals surface area contributed by atoms with E-state index in [0.717, 1.165) is 34.1 Å². The van der Waals surface area contributed by atoms with Crippen molar-refractivity contribution in [3.63, 3.8) is 0 Å². The number of hydrogen-bond acceptors (Lipinski definition) is 0. The number of piperidine rings is 1. The largest absolute Gasteiger partial charge is 1.00 e. The monoisotopic (exact) mass is 483 g/mol. The summed E-state index contributed by atoms with van der Waals surface area (Å²) < 4.78 is 28.9. The van der Waals surface area contributed by atoms with Gasteiger partial charge in [0.1, 0.15) is 11.6 Å². The molecule has 2 aliphatic heterocycles. The standard InChI is InChI=1S/C23H28F2N.HI/c1-26(2)21-9-10-22(26)12-16(11-21)13-23(17-5-3-7-19(24)14-17)18-6-4-8-20(25)15-18;/h3-8,14-16,21-23H,9-13H2,1-2H3;1H/q+1;/p-1. The van der Waals surface area contributed by atoms with Crippen LogP contribution in [0.25, 0.3) is 0 Å². The molecule has 0 N–H and O–H groups in total. The molecule has 2 aromatic rings. The molecule has 4 rings (SSSR count). The molecule has 0 saturated carbocycles. The molecule has 2 aliphatic rings. The molecular weight excluding hydrogens is 455 g/mol. The van der Waals surface area contributed by atoms with Crippen LogP contribution in [0, 0.1) is 17.6 Å². The van der Waals surface area contributed by atoms with Crippen LogP contribution in [0.3, 0.4) is 0 Å². The van der Waals surface area contributed by atoms with Gasteiger partial charge >= 0.3 is 0 Å². The third-order valence-electron chi connectivity index (χ3n) is 7.00. The predicted octanol–water partition coefficient (Wildman–Crippen LogP) is 2.51. The van der Waals surface area contributed by atoms with Crippen molar-refractivity contribution < 1.29 is 37.2 Å². The molecule has 1 nitrogen and oxygen atoms in total. The SMILES string of the molecule is C[N+]1(C)C2CCC1CC(CC(c1cccc(F)c1)c1cccc(F)c1)C2.[I-]. The summed E-state index contributed by atoms with van der Waals surface area (Å²) >= 11 is 0. The number of quaternary nitrogens is 1. The summed E-state index contributed by atoms with van der Waals surface area (Å²) in [5.41, 5.74) is 1.92. The average molecular weight is 483 g/mol. The van der Waals surface area contributed by atoms with E-state index < -0.39 is 0 Å². The number of nitrogens with zero attached hydrogens (tertiary/aromatic N) is 1. The summed E-state index contributed by atoms with van der Waals surface area (Å²) in [6.45, 7) is 0. The Morgan fingerprint density at radius 3 is 1.81 bits per heavy atom. The Morgan fingerprint density at radius 1 is 0.889 bits per heavy atom. The molecule has 0 spiro atoms. The molecule has 146 valence electrons. The molecule has 2 heterocycles. The van der Waals surface area contributed by atoms with Crippen LogP contribution in [0.5, 0.6) is 0 Å². The summed E-state index contributed by atoms with van der Waals surface area (Å²) in [7, 11) is 4.74. The summed E-state index contributed by atoms with van der Waals surface area (Å²) in [4.78, 5) is 0. The van der Waals surface area contributed by atoms with Gasteiger partial charge < -0.3 is 28.5 Å². The first-order valence-corrected chi connectivity index (χ1v) is 9.77. The molecule has 2 aromatic carbocycles. The summed E-state index contributed by atoms with van der Waals surface area (Å²) in [5, 5.41) is 0. The Hall–Kier alpha value is -1.01. The number of hydrogen-bond donors (Lipinski definition) is 0. The van der Waals surface area contributed by atoms with Crippen LogP contribution >= 0.6 is 0 Å². The maximum Gasteiger partial charge on any atom is 0.123 e. The highest BCUT2D eigenvalue weighted by atomic mass is 127. The van der Waals surface area contributed by atoms with E-state index in [9.17, 15) is 8.78 Å². The first-order chi connectivity index (χ1) is 12.4. The highest BCUT2D eigenvalue weighted by molar-refractivity contribution is 5.33. The van der Waals surface area contributed by atoms with Crippen molar-refractivity contribution in [2.24, 2.45) is 5.92 Å². The van der Waals surface area contributed by atoms with Crippen LogP contribution in [0.4, 0.5) is 8.78 Å². The van der Waals surface area contributed by atoms with Crippen LogP contribution < -0.4 is 24.0 Å². The van der Waals surface area contributed by atoms with Gasteiger partial charge in [-0.1, -0.05) is 24.3 Å². The molecule has 0 aliphatic carbocycles. The van der Waals surface area contributed by atoms with Gasteiger partial charge in [-0.3, -0.25) is 0 Å². The topological polar surface area (TPSA) is 0 Å². The van der Waals surface area contributed by atoms with E-state index in [-0.39, 0.29) is 41.5 Å². The number of benzene rings is 2. The number of fused-ring (bicyclic) bond motifs is 2. The second-order valence-corrected chi connectivity index (χ2v) is 8.75. The number of halogens is 3. The Morgan fingerprint density at radius 2 is 1.37 bits per heavy atom. The molecule has 2 atom stereocenters. The van der Waals surface area contributed by atoms with Crippen LogP contribution in [0.1, 0.15) is 49.1 Å². The summed E-state index contributed by atoms with van der Waals surface area (Å²) in [5.74, 6) is 0.241. The van der Waals surface area contributed by atoms with Crippen molar-refractivity contribution in [3.05, 3.63) is 71.3 Å². The molecule has 0 amide bonds. The summed E-state index contributed by atoms with van der Waals surface area (Å²) in [6, 6.07) is 15.2. The second kappa shape index (κ2) is 8.16. The minimum Gasteiger partial charge on any atom is -1.00 e. The molecule has 27 heavy (non-hydrogen) atoms. The maximum absolute atomic E-state index is 13.9. The molecule has 2 unspecified atom stereocenters. The Labute approximate surface area is 178 Å². The fraction of sp³-hybridized carbons (Fsp3) is 0.478. The minimum absolute atomic E-state index is 0. The van der Waals surface area contributed by atoms with Gasteiger partial charge in [-0.2, -0.15) is 0 Å². The average Bonchev–Trinajstić information content (AvgIpc) is 2.77. The normalized spacial score (nSPS) is 26.0. The van der Waals surface area contributed by atoms with E-state index >= 15 is 0 Å². The van der Waals surface area contributed by atoms with Gasteiger partial charge in [0.05, 0.1) is 26.2 Å². The lowest BCUT2D eigenvalue weighted by Crippen LogP contribution is -3.00. The van der Waals surface area contributed by atoms with E-state index in [1.54, 1.807) is 24.3 Å². The van der Waals surface area contributed by atoms with E-state index in [2.05, 4.69) is 14.1 Å². The highest BCUT2D eigenvalue weighted by Crippen LogP contribution is 2.46. The lowest BCUT2D eigenvalue weighted by Gasteiger charge is -2.45. The third-order valence-corrected chi connectivity index (χ3v) is 7.00. The van der Waals surface area contributed by atoms with Crippen molar-refractivity contribution >= 4 is 0 Å². The lowest BCUT2D eigenvalue weighted by atomic mass is 9.78. The van der Waals surface area contributed by atoms with Gasteiger partial charge in [-0.05, 0) is 47.7 Å². The molecule has 2 saturated heterocycles. The van der Waals surface area contributed by atoms with Crippen molar-refractivity contribution in [3.8, 4) is 0 Å². The van der Waals surface area contributed by atoms with Gasteiger partial charge in [0.25, 0.3) is 0 Å². The lowest BCUT2D eigenvalue weighted by molar-refractivity contribution is -0.931. The smallest absolute Gasteiger partial charge is 0.123 e. The van der Waals surface area contributed by atoms with E-state index in [4.69, 9.17) is 0 Å². The first-order valence-electron chi connectivity index (χ1n) is 9.77. The minimum atomic E-state index is -0.217. The number of rotatable bonds is 4. The zero-order chi connectivity index (χ0) is 18.3. The molecule has 2 fully saturated rings. The molecular formula is C23H28F2IN. The van der Waals surface area contributed by atoms with Crippen LogP contribution in [-0.4, -0.2) is 30.7 Å². The Kier molecular flexibility index (Phi) is 6.26. The van der Waals surface area contributed by atoms with Crippen LogP contribution in [-0.2, 0) is 0 Å². The quantitative estimate of drug-likeness (QED) is 0.464. The van der Waals surface area contributed by atoms with Gasteiger partial charge in [0.2, 0.25) is 0 Å². The van der Waals surface area contributed by atoms with Crippen LogP contribution in [0.15, 0.2) is 48.5 Å². The molecule has 0 aromatic heterocycles. The van der Waals surface area contributed by atoms with Crippen LogP contribution in [0.2, 0.25) is 0 Å². The van der Waals surface area contributed by atoms with E-state index in [1.165, 1.54) is 37.8 Å². The van der Waals surface area contributed by atoms with E-state index in [0.29, 0.717) is 5.92 Å². The van der Waals surface area contributed by atoms with Crippen molar-refractivity contribution in [2.75, 3.05) is 14.1 Å². The van der Waals surface area contributed by atoms with Crippen molar-refractivity contribution in [2.45, 2.75) is 50.1 Å². The predicted molar refractivity (Wildman–Crippen MR) is 101 cm³/mol. The highest BCUT2D eigenvalue weighted by Gasteiger charge is 2.49. The van der Waals surface area contributed by atoms with Gasteiger partial charge in [0, 0.05) is 31.6 Å². The second-order valence-electron chi connectivity index (χ2n) is 8.75. The molecule has 4 heteroatoms. The van der Waals surface area contributed by atoms with Crippen molar-refractivity contribution in [1.82, 2.24) is 0 Å². The van der Waals surface area contributed by atoms with Gasteiger partial charge in [-0.25, -0.2) is 8.78 Å². The summed E-state index contributed by atoms with van der Waals surface area (Å²) in [6.07, 6.45) is 6.06. The third kappa shape index (κ3) is 4.21. The first kappa shape index (κ1) is 20.7.